The minimum absolute atomic E-state index is 0.338. The number of aliphatic carboxylic acids is 1. The molecule has 0 fully saturated rings. The minimum atomic E-state index is -5.08. The topological polar surface area (TPSA) is 78.5 Å². The minimum Gasteiger partial charge on any atom is -0.493 e. The third kappa shape index (κ3) is 5.19. The van der Waals surface area contributed by atoms with E-state index in [1.54, 1.807) is 0 Å². The van der Waals surface area contributed by atoms with E-state index >= 15 is 0 Å². The maximum atomic E-state index is 14.2. The van der Waals surface area contributed by atoms with E-state index in [1.165, 1.54) is 23.3 Å². The number of aromatic amines is 1. The summed E-state index contributed by atoms with van der Waals surface area (Å²) < 4.78 is 64.8. The van der Waals surface area contributed by atoms with Gasteiger partial charge >= 0.3 is 12.1 Å². The van der Waals surface area contributed by atoms with E-state index in [1.807, 2.05) is 6.07 Å². The molecule has 2 aromatic carbocycles. The van der Waals surface area contributed by atoms with Gasteiger partial charge in [0.25, 0.3) is 0 Å². The van der Waals surface area contributed by atoms with E-state index in [0.717, 1.165) is 55.6 Å². The molecule has 34 heavy (non-hydrogen) atoms. The van der Waals surface area contributed by atoms with Gasteiger partial charge in [-0.05, 0) is 29.3 Å². The summed E-state index contributed by atoms with van der Waals surface area (Å²) in [5, 5.41) is 14.5. The molecule has 0 bridgehead atoms. The van der Waals surface area contributed by atoms with Gasteiger partial charge in [0.05, 0.1) is 12.3 Å². The van der Waals surface area contributed by atoms with Crippen LogP contribution < -0.4 is 4.74 Å². The molecule has 2 aliphatic heterocycles. The number of benzene rings is 2. The van der Waals surface area contributed by atoms with Crippen molar-refractivity contribution in [2.24, 2.45) is 0 Å². The van der Waals surface area contributed by atoms with E-state index in [4.69, 9.17) is 14.6 Å². The van der Waals surface area contributed by atoms with Crippen LogP contribution in [-0.4, -0.2) is 45.5 Å². The second-order valence-corrected chi connectivity index (χ2v) is 7.96. The van der Waals surface area contributed by atoms with Crippen molar-refractivity contribution in [2.75, 3.05) is 13.2 Å². The first kappa shape index (κ1) is 23.7. The van der Waals surface area contributed by atoms with Crippen molar-refractivity contribution >= 4 is 5.97 Å². The molecule has 0 saturated heterocycles. The Kier molecular flexibility index (Phi) is 6.56. The summed E-state index contributed by atoms with van der Waals surface area (Å²) in [7, 11) is 0. The number of hydrogen-bond donors (Lipinski definition) is 2. The van der Waals surface area contributed by atoms with E-state index in [0.29, 0.717) is 17.8 Å². The Balaban J connectivity index is 0.000000344. The SMILES string of the molecule is Fc1ccc(-c2n[nH]c3c2CN(Cc2ccc4c(c2)CCO4)CC3)c(F)c1.O=C(O)C(F)(F)F. The molecule has 0 aliphatic carbocycles. The summed E-state index contributed by atoms with van der Waals surface area (Å²) in [4.78, 5) is 11.2. The first-order valence-corrected chi connectivity index (χ1v) is 10.4. The number of nitrogens with one attached hydrogen (secondary N) is 1. The average molecular weight is 481 g/mol. The molecule has 0 amide bonds. The molecular formula is C23H20F5N3O3. The van der Waals surface area contributed by atoms with Crippen LogP contribution in [0.15, 0.2) is 36.4 Å². The number of alkyl halides is 3. The van der Waals surface area contributed by atoms with Gasteiger partial charge in [0.1, 0.15) is 17.4 Å². The van der Waals surface area contributed by atoms with Crippen LogP contribution in [0.3, 0.4) is 0 Å². The van der Waals surface area contributed by atoms with Crippen LogP contribution in [0, 0.1) is 11.6 Å². The highest BCUT2D eigenvalue weighted by Crippen LogP contribution is 2.32. The van der Waals surface area contributed by atoms with Crippen LogP contribution in [0.25, 0.3) is 11.3 Å². The molecule has 180 valence electrons. The predicted molar refractivity (Wildman–Crippen MR) is 111 cm³/mol. The van der Waals surface area contributed by atoms with Crippen molar-refractivity contribution in [3.63, 3.8) is 0 Å². The summed E-state index contributed by atoms with van der Waals surface area (Å²) in [6, 6.07) is 10.0. The third-order valence-corrected chi connectivity index (χ3v) is 5.60. The van der Waals surface area contributed by atoms with E-state index in [2.05, 4.69) is 27.2 Å². The van der Waals surface area contributed by atoms with Crippen LogP contribution in [0.5, 0.6) is 5.75 Å². The molecule has 3 heterocycles. The molecule has 1 aromatic heterocycles. The summed E-state index contributed by atoms with van der Waals surface area (Å²) >= 11 is 0. The van der Waals surface area contributed by atoms with Crippen molar-refractivity contribution in [1.82, 2.24) is 15.1 Å². The van der Waals surface area contributed by atoms with Crippen molar-refractivity contribution < 1.29 is 36.6 Å². The lowest BCUT2D eigenvalue weighted by atomic mass is 10.00. The molecule has 0 radical (unpaired) electrons. The van der Waals surface area contributed by atoms with Crippen molar-refractivity contribution in [3.05, 3.63) is 70.4 Å². The van der Waals surface area contributed by atoms with Gasteiger partial charge in [0, 0.05) is 55.4 Å². The van der Waals surface area contributed by atoms with Gasteiger partial charge < -0.3 is 9.84 Å². The Bertz CT molecular complexity index is 1210. The van der Waals surface area contributed by atoms with Gasteiger partial charge in [-0.1, -0.05) is 12.1 Å². The number of fused-ring (bicyclic) bond motifs is 2. The molecule has 3 aromatic rings. The maximum absolute atomic E-state index is 14.2. The van der Waals surface area contributed by atoms with E-state index in [9.17, 15) is 22.0 Å². The number of carbonyl (C=O) groups is 1. The van der Waals surface area contributed by atoms with Crippen molar-refractivity contribution in [1.29, 1.82) is 0 Å². The van der Waals surface area contributed by atoms with Gasteiger partial charge in [0.2, 0.25) is 0 Å². The molecule has 6 nitrogen and oxygen atoms in total. The number of ether oxygens (including phenoxy) is 1. The predicted octanol–water partition coefficient (Wildman–Crippen LogP) is 4.48. The lowest BCUT2D eigenvalue weighted by Crippen LogP contribution is -2.30. The maximum Gasteiger partial charge on any atom is 0.490 e. The summed E-state index contributed by atoms with van der Waals surface area (Å²) in [5.41, 5.74) is 5.46. The van der Waals surface area contributed by atoms with Crippen LogP contribution in [0.2, 0.25) is 0 Å². The molecule has 0 saturated carbocycles. The molecule has 0 unspecified atom stereocenters. The number of H-pyrrole nitrogens is 1. The van der Waals surface area contributed by atoms with Gasteiger partial charge in [-0.25, -0.2) is 13.6 Å². The number of nitrogens with zero attached hydrogens (tertiary/aromatic N) is 2. The number of carboxylic acid groups (broad SMARTS) is 1. The third-order valence-electron chi connectivity index (χ3n) is 5.60. The molecule has 11 heteroatoms. The summed E-state index contributed by atoms with van der Waals surface area (Å²) in [5.74, 6) is -2.93. The standard InChI is InChI=1S/C21H19F2N3O.C2HF3O2/c22-15-2-3-16(18(23)10-15)21-17-12-26(7-5-19(17)24-25-21)11-13-1-4-20-14(9-13)6-8-27-20;3-2(4,5)1(6)7/h1-4,9-10H,5-8,11-12H2,(H,24,25);(H,6,7). The normalized spacial score (nSPS) is 15.1. The molecule has 0 spiro atoms. The van der Waals surface area contributed by atoms with Crippen molar-refractivity contribution in [2.45, 2.75) is 32.1 Å². The highest BCUT2D eigenvalue weighted by Gasteiger charge is 2.38. The lowest BCUT2D eigenvalue weighted by molar-refractivity contribution is -0.192. The van der Waals surface area contributed by atoms with Gasteiger partial charge in [-0.2, -0.15) is 18.3 Å². The van der Waals surface area contributed by atoms with E-state index < -0.39 is 23.8 Å². The first-order valence-electron chi connectivity index (χ1n) is 10.4. The Morgan fingerprint density at radius 3 is 2.62 bits per heavy atom. The number of aromatic nitrogens is 2. The smallest absolute Gasteiger partial charge is 0.490 e. The van der Waals surface area contributed by atoms with Crippen LogP contribution in [0.4, 0.5) is 22.0 Å². The largest absolute Gasteiger partial charge is 0.493 e. The van der Waals surface area contributed by atoms with Gasteiger partial charge in [-0.3, -0.25) is 10.00 Å². The number of rotatable bonds is 3. The second kappa shape index (κ2) is 9.41. The van der Waals surface area contributed by atoms with Crippen LogP contribution >= 0.6 is 0 Å². The Morgan fingerprint density at radius 2 is 1.91 bits per heavy atom. The van der Waals surface area contributed by atoms with Gasteiger partial charge in [0.15, 0.2) is 0 Å². The Labute approximate surface area is 191 Å². The monoisotopic (exact) mass is 481 g/mol. The highest BCUT2D eigenvalue weighted by atomic mass is 19.4. The fraction of sp³-hybridized carbons (Fsp3) is 0.304. The quantitative estimate of drug-likeness (QED) is 0.540. The molecule has 5 rings (SSSR count). The second-order valence-electron chi connectivity index (χ2n) is 7.96. The number of carboxylic acids is 1. The van der Waals surface area contributed by atoms with Crippen LogP contribution in [0.1, 0.15) is 22.4 Å². The Hall–Kier alpha value is -3.47. The zero-order valence-electron chi connectivity index (χ0n) is 17.8. The highest BCUT2D eigenvalue weighted by molar-refractivity contribution is 5.73. The van der Waals surface area contributed by atoms with E-state index in [-0.39, 0.29) is 0 Å². The molecule has 2 N–H and O–H groups in total. The average Bonchev–Trinajstić information content (AvgIpc) is 3.40. The van der Waals surface area contributed by atoms with Crippen molar-refractivity contribution in [3.8, 4) is 17.0 Å². The number of halogens is 5. The Morgan fingerprint density at radius 1 is 1.15 bits per heavy atom. The zero-order chi connectivity index (χ0) is 24.5. The fourth-order valence-corrected chi connectivity index (χ4v) is 3.99. The summed E-state index contributed by atoms with van der Waals surface area (Å²) in [6.45, 7) is 3.18. The molecule has 2 aliphatic rings. The first-order chi connectivity index (χ1) is 16.1. The van der Waals surface area contributed by atoms with Gasteiger partial charge in [-0.15, -0.1) is 0 Å². The molecule has 0 atom stereocenters. The van der Waals surface area contributed by atoms with Crippen LogP contribution in [-0.2, 0) is 30.7 Å². The number of hydrogen-bond acceptors (Lipinski definition) is 4. The lowest BCUT2D eigenvalue weighted by Gasteiger charge is -2.27. The fourth-order valence-electron chi connectivity index (χ4n) is 3.99. The summed E-state index contributed by atoms with van der Waals surface area (Å²) in [6.07, 6.45) is -3.29. The molecular weight excluding hydrogens is 461 g/mol. The zero-order valence-corrected chi connectivity index (χ0v) is 17.8.